The summed E-state index contributed by atoms with van der Waals surface area (Å²) in [6, 6.07) is 20.4. The highest BCUT2D eigenvalue weighted by Gasteiger charge is 2.34. The first-order valence-corrected chi connectivity index (χ1v) is 16.3. The van der Waals surface area contributed by atoms with E-state index in [4.69, 9.17) is 18.9 Å². The molecule has 8 nitrogen and oxygen atoms in total. The molecule has 4 aromatic carbocycles. The van der Waals surface area contributed by atoms with Crippen LogP contribution in [0.15, 0.2) is 60.7 Å². The third-order valence-electron chi connectivity index (χ3n) is 10.1. The average Bonchev–Trinajstić information content (AvgIpc) is 3.07. The van der Waals surface area contributed by atoms with Crippen molar-refractivity contribution in [3.63, 3.8) is 0 Å². The number of nitrogens with zero attached hydrogens (tertiary/aromatic N) is 2. The minimum absolute atomic E-state index is 0.00968. The molecular formula is C39H42N2O6. The van der Waals surface area contributed by atoms with Crippen molar-refractivity contribution in [3.05, 3.63) is 105 Å². The molecule has 0 spiro atoms. The quantitative estimate of drug-likeness (QED) is 0.245. The van der Waals surface area contributed by atoms with Crippen LogP contribution >= 0.6 is 0 Å². The smallest absolute Gasteiger partial charge is 0.174 e. The summed E-state index contributed by atoms with van der Waals surface area (Å²) in [5, 5.41) is 10.4. The van der Waals surface area contributed by atoms with Gasteiger partial charge < -0.3 is 24.1 Å². The number of hydrogen-bond donors (Lipinski definition) is 1. The molecule has 4 aromatic rings. The Morgan fingerprint density at radius 2 is 1.53 bits per heavy atom. The molecule has 0 saturated heterocycles. The van der Waals surface area contributed by atoms with Crippen LogP contribution in [0.3, 0.4) is 0 Å². The number of ketones is 1. The SMILES string of the molecule is COc1cc2c3cc1Oc1c(OC)c(CO)cc4c1[C@H](Cc1ccc(cc1)Oc1cc(ccc1C(C)=O)C[C@H]3N(C)CC2)N(C)CC4. The van der Waals surface area contributed by atoms with E-state index in [0.717, 1.165) is 54.6 Å². The van der Waals surface area contributed by atoms with Gasteiger partial charge in [0.05, 0.1) is 26.4 Å². The zero-order valence-corrected chi connectivity index (χ0v) is 27.8. The highest BCUT2D eigenvalue weighted by atomic mass is 16.5. The number of aliphatic hydroxyl groups is 1. The van der Waals surface area contributed by atoms with Gasteiger partial charge in [-0.05, 0) is 117 Å². The molecule has 8 heteroatoms. The van der Waals surface area contributed by atoms with Gasteiger partial charge in [-0.1, -0.05) is 18.2 Å². The van der Waals surface area contributed by atoms with Gasteiger partial charge in [0.15, 0.2) is 28.8 Å². The summed E-state index contributed by atoms with van der Waals surface area (Å²) >= 11 is 0. The molecular weight excluding hydrogens is 592 g/mol. The average molecular weight is 635 g/mol. The number of aliphatic hydroxyl groups excluding tert-OH is 1. The van der Waals surface area contributed by atoms with Crippen molar-refractivity contribution in [2.45, 2.75) is 51.3 Å². The minimum Gasteiger partial charge on any atom is -0.493 e. The molecule has 4 aliphatic heterocycles. The normalized spacial score (nSPS) is 19.1. The number of methoxy groups -OCH3 is 2. The van der Waals surface area contributed by atoms with Crippen molar-refractivity contribution in [1.82, 2.24) is 9.80 Å². The van der Waals surface area contributed by atoms with Crippen molar-refractivity contribution < 1.29 is 28.8 Å². The maximum Gasteiger partial charge on any atom is 0.174 e. The summed E-state index contributed by atoms with van der Waals surface area (Å²) in [7, 11) is 7.60. The number of likely N-dealkylation sites (N-methyl/N-ethyl adjacent to an activating group) is 2. The predicted molar refractivity (Wildman–Crippen MR) is 181 cm³/mol. The van der Waals surface area contributed by atoms with Crippen LogP contribution in [0, 0.1) is 0 Å². The molecule has 4 heterocycles. The number of hydrogen-bond acceptors (Lipinski definition) is 8. The number of ether oxygens (including phenoxy) is 4. The van der Waals surface area contributed by atoms with E-state index < -0.39 is 0 Å². The van der Waals surface area contributed by atoms with Crippen LogP contribution in [0.2, 0.25) is 0 Å². The van der Waals surface area contributed by atoms with Gasteiger partial charge >= 0.3 is 0 Å². The molecule has 0 saturated carbocycles. The lowest BCUT2D eigenvalue weighted by atomic mass is 9.86. The van der Waals surface area contributed by atoms with E-state index in [1.807, 2.05) is 30.3 Å². The topological polar surface area (TPSA) is 80.7 Å². The molecule has 0 aromatic heterocycles. The summed E-state index contributed by atoms with van der Waals surface area (Å²) in [6.07, 6.45) is 3.16. The van der Waals surface area contributed by atoms with Gasteiger partial charge in [-0.2, -0.15) is 0 Å². The molecule has 0 fully saturated rings. The first kappa shape index (κ1) is 31.2. The fourth-order valence-electron chi connectivity index (χ4n) is 7.50. The fourth-order valence-corrected chi connectivity index (χ4v) is 7.50. The molecule has 2 atom stereocenters. The van der Waals surface area contributed by atoms with Gasteiger partial charge in [-0.25, -0.2) is 0 Å². The van der Waals surface area contributed by atoms with Crippen molar-refractivity contribution in [2.24, 2.45) is 0 Å². The van der Waals surface area contributed by atoms with E-state index in [1.54, 1.807) is 21.1 Å². The standard InChI is InChI=1S/C39H42N2O6/c1-23(43)30-11-8-25-17-32-31-21-36(35(44-4)20-26(31)12-14-40(32)2)47-39-37-27(19-28(22-42)38(39)45-5)13-15-41(3)33(37)16-24-6-9-29(10-7-24)46-34(30)18-25/h6-11,18-21,32-33,42H,12-17,22H2,1-5H3/t32-,33+/m1/s1. The van der Waals surface area contributed by atoms with E-state index in [1.165, 1.54) is 11.1 Å². The van der Waals surface area contributed by atoms with Gasteiger partial charge in [0.25, 0.3) is 0 Å². The Kier molecular flexibility index (Phi) is 8.43. The number of carbonyl (C=O) groups excluding carboxylic acids is 1. The summed E-state index contributed by atoms with van der Waals surface area (Å²) in [5.41, 5.74) is 8.07. The second kappa shape index (κ2) is 12.7. The second-order valence-corrected chi connectivity index (χ2v) is 13.0. The summed E-state index contributed by atoms with van der Waals surface area (Å²) < 4.78 is 25.3. The van der Waals surface area contributed by atoms with Crippen LogP contribution < -0.4 is 18.9 Å². The Labute approximate surface area is 276 Å². The van der Waals surface area contributed by atoms with Gasteiger partial charge in [-0.3, -0.25) is 14.6 Å². The largest absolute Gasteiger partial charge is 0.493 e. The van der Waals surface area contributed by atoms with E-state index in [-0.39, 0.29) is 24.5 Å². The fraction of sp³-hybridized carbons (Fsp3) is 0.359. The van der Waals surface area contributed by atoms with Crippen molar-refractivity contribution in [3.8, 4) is 34.5 Å². The van der Waals surface area contributed by atoms with Crippen LogP contribution in [-0.2, 0) is 32.3 Å². The summed E-state index contributed by atoms with van der Waals surface area (Å²) in [4.78, 5) is 17.4. The number of carbonyl (C=O) groups is 1. The highest BCUT2D eigenvalue weighted by Crippen LogP contribution is 2.49. The van der Waals surface area contributed by atoms with E-state index in [9.17, 15) is 9.90 Å². The molecule has 0 amide bonds. The molecule has 4 aliphatic rings. The Hall–Kier alpha value is -4.37. The number of fused-ring (bicyclic) bond motifs is 2. The maximum atomic E-state index is 12.6. The van der Waals surface area contributed by atoms with Crippen LogP contribution in [0.5, 0.6) is 34.5 Å². The Morgan fingerprint density at radius 1 is 0.830 bits per heavy atom. The molecule has 6 bridgehead atoms. The summed E-state index contributed by atoms with van der Waals surface area (Å²) in [6.45, 7) is 3.19. The maximum absolute atomic E-state index is 12.6. The van der Waals surface area contributed by atoms with Crippen LogP contribution in [0.25, 0.3) is 0 Å². The van der Waals surface area contributed by atoms with Gasteiger partial charge in [0, 0.05) is 36.3 Å². The third kappa shape index (κ3) is 5.75. The number of Topliss-reactive ketones (excluding diaryl/α,β-unsaturated/α-hetero) is 1. The zero-order valence-electron chi connectivity index (χ0n) is 27.8. The van der Waals surface area contributed by atoms with Crippen LogP contribution in [0.1, 0.15) is 68.3 Å². The second-order valence-electron chi connectivity index (χ2n) is 13.0. The minimum atomic E-state index is -0.159. The number of rotatable bonds is 4. The molecule has 8 rings (SSSR count). The number of benzene rings is 4. The Bertz CT molecular complexity index is 1830. The molecule has 47 heavy (non-hydrogen) atoms. The monoisotopic (exact) mass is 634 g/mol. The lowest BCUT2D eigenvalue weighted by Crippen LogP contribution is -2.34. The lowest BCUT2D eigenvalue weighted by molar-refractivity contribution is 0.101. The third-order valence-corrected chi connectivity index (χ3v) is 10.1. The Balaban J connectivity index is 1.46. The zero-order chi connectivity index (χ0) is 32.8. The van der Waals surface area contributed by atoms with E-state index in [2.05, 4.69) is 54.2 Å². The van der Waals surface area contributed by atoms with Gasteiger partial charge in [-0.15, -0.1) is 0 Å². The van der Waals surface area contributed by atoms with Crippen LogP contribution in [0.4, 0.5) is 0 Å². The molecule has 244 valence electrons. The predicted octanol–water partition coefficient (Wildman–Crippen LogP) is 6.84. The van der Waals surface area contributed by atoms with Crippen molar-refractivity contribution >= 4 is 5.78 Å². The van der Waals surface area contributed by atoms with Gasteiger partial charge in [0.1, 0.15) is 11.5 Å². The summed E-state index contributed by atoms with van der Waals surface area (Å²) in [5.74, 6) is 3.64. The molecule has 1 N–H and O–H groups in total. The first-order chi connectivity index (χ1) is 22.8. The van der Waals surface area contributed by atoms with Crippen molar-refractivity contribution in [2.75, 3.05) is 41.4 Å². The lowest BCUT2D eigenvalue weighted by Gasteiger charge is -2.37. The molecule has 0 radical (unpaired) electrons. The first-order valence-electron chi connectivity index (χ1n) is 16.3. The highest BCUT2D eigenvalue weighted by molar-refractivity contribution is 5.97. The molecule has 0 aliphatic carbocycles. The molecule has 0 unspecified atom stereocenters. The van der Waals surface area contributed by atoms with E-state index >= 15 is 0 Å². The van der Waals surface area contributed by atoms with E-state index in [0.29, 0.717) is 52.0 Å². The van der Waals surface area contributed by atoms with Gasteiger partial charge in [0.2, 0.25) is 0 Å². The van der Waals surface area contributed by atoms with Crippen LogP contribution in [-0.4, -0.2) is 62.1 Å². The van der Waals surface area contributed by atoms with Crippen molar-refractivity contribution in [1.29, 1.82) is 0 Å². The Morgan fingerprint density at radius 3 is 2.23 bits per heavy atom.